The Kier molecular flexibility index (Phi) is 4.89. The van der Waals surface area contributed by atoms with Gasteiger partial charge in [-0.15, -0.1) is 0 Å². The zero-order chi connectivity index (χ0) is 16.2. The van der Waals surface area contributed by atoms with E-state index in [0.717, 1.165) is 0 Å². The molecule has 0 saturated carbocycles. The average Bonchev–Trinajstić information content (AvgIpc) is 2.93. The maximum atomic E-state index is 10.7. The lowest BCUT2D eigenvalue weighted by Crippen LogP contribution is -2.15. The summed E-state index contributed by atoms with van der Waals surface area (Å²) in [5.74, 6) is -1.28. The standard InChI is InChI=1S/C6H9N3O2.C5H7N3O2/c1-9-3-8-6(11-2)4(9)5(7)10;1-8-2-7-5(10)3(8)4(6)9/h3H,1-2H3,(H2,7,10);2,10H,1H3,(H2,6,9). The van der Waals surface area contributed by atoms with Crippen LogP contribution in [-0.4, -0.2) is 43.1 Å². The molecule has 0 aliphatic carbocycles. The van der Waals surface area contributed by atoms with Crippen molar-refractivity contribution >= 4 is 11.8 Å². The minimum atomic E-state index is -0.683. The van der Waals surface area contributed by atoms with Gasteiger partial charge in [0.15, 0.2) is 11.4 Å². The second-order valence-electron chi connectivity index (χ2n) is 3.97. The summed E-state index contributed by atoms with van der Waals surface area (Å²) in [6, 6.07) is 0. The Bertz CT molecular complexity index is 640. The van der Waals surface area contributed by atoms with Crippen molar-refractivity contribution in [3.8, 4) is 11.8 Å². The molecule has 0 aromatic carbocycles. The Labute approximate surface area is 120 Å². The largest absolute Gasteiger partial charge is 0.492 e. The normalized spacial score (nSPS) is 9.67. The van der Waals surface area contributed by atoms with Crippen LogP contribution in [0.1, 0.15) is 21.0 Å². The molecule has 0 atom stereocenters. The molecule has 2 heterocycles. The van der Waals surface area contributed by atoms with Crippen molar-refractivity contribution in [3.63, 3.8) is 0 Å². The highest BCUT2D eigenvalue weighted by Crippen LogP contribution is 2.12. The number of methoxy groups -OCH3 is 1. The van der Waals surface area contributed by atoms with Crippen LogP contribution in [0.25, 0.3) is 0 Å². The summed E-state index contributed by atoms with van der Waals surface area (Å²) in [4.78, 5) is 28.5. The summed E-state index contributed by atoms with van der Waals surface area (Å²) in [6.45, 7) is 0. The molecule has 2 aromatic heterocycles. The number of hydrogen-bond donors (Lipinski definition) is 3. The molecule has 10 heteroatoms. The summed E-state index contributed by atoms with van der Waals surface area (Å²) in [6.07, 6.45) is 2.79. The first-order chi connectivity index (χ1) is 9.79. The number of aromatic nitrogens is 4. The average molecular weight is 296 g/mol. The molecule has 0 unspecified atom stereocenters. The number of hydrogen-bond acceptors (Lipinski definition) is 6. The Morgan fingerprint density at radius 1 is 1.10 bits per heavy atom. The quantitative estimate of drug-likeness (QED) is 0.643. The summed E-state index contributed by atoms with van der Waals surface area (Å²) in [5.41, 5.74) is 10.3. The zero-order valence-electron chi connectivity index (χ0n) is 11.8. The second-order valence-corrected chi connectivity index (χ2v) is 3.97. The monoisotopic (exact) mass is 296 g/mol. The maximum Gasteiger partial charge on any atom is 0.271 e. The fourth-order valence-electron chi connectivity index (χ4n) is 1.54. The van der Waals surface area contributed by atoms with Crippen molar-refractivity contribution in [2.45, 2.75) is 0 Å². The van der Waals surface area contributed by atoms with Gasteiger partial charge in [0, 0.05) is 14.1 Å². The zero-order valence-corrected chi connectivity index (χ0v) is 11.8. The van der Waals surface area contributed by atoms with Crippen molar-refractivity contribution in [1.82, 2.24) is 19.1 Å². The van der Waals surface area contributed by atoms with Crippen LogP contribution in [0.5, 0.6) is 11.8 Å². The van der Waals surface area contributed by atoms with Gasteiger partial charge in [0.25, 0.3) is 11.8 Å². The van der Waals surface area contributed by atoms with Gasteiger partial charge in [-0.25, -0.2) is 9.97 Å². The predicted octanol–water partition coefficient (Wildman–Crippen LogP) is -1.25. The maximum absolute atomic E-state index is 10.7. The molecule has 0 aliphatic rings. The number of rotatable bonds is 3. The molecule has 21 heavy (non-hydrogen) atoms. The van der Waals surface area contributed by atoms with Crippen molar-refractivity contribution in [2.24, 2.45) is 25.6 Å². The second kappa shape index (κ2) is 6.41. The van der Waals surface area contributed by atoms with Gasteiger partial charge in [0.1, 0.15) is 0 Å². The van der Waals surface area contributed by atoms with Crippen LogP contribution in [0.15, 0.2) is 12.7 Å². The molecule has 0 aliphatic heterocycles. The molecule has 114 valence electrons. The van der Waals surface area contributed by atoms with Crippen LogP contribution >= 0.6 is 0 Å². The van der Waals surface area contributed by atoms with Gasteiger partial charge in [-0.2, -0.15) is 0 Å². The first-order valence-corrected chi connectivity index (χ1v) is 5.64. The number of carbonyl (C=O) groups excluding carboxylic acids is 2. The third kappa shape index (κ3) is 3.49. The van der Waals surface area contributed by atoms with E-state index < -0.39 is 11.8 Å². The van der Waals surface area contributed by atoms with Gasteiger partial charge in [0.2, 0.25) is 11.8 Å². The Morgan fingerprint density at radius 3 is 1.86 bits per heavy atom. The molecular weight excluding hydrogens is 280 g/mol. The SMILES string of the molecule is COc1ncn(C)c1C(N)=O.Cn1cnc(O)c1C(N)=O. The van der Waals surface area contributed by atoms with E-state index in [1.165, 1.54) is 28.9 Å². The van der Waals surface area contributed by atoms with E-state index in [0.29, 0.717) is 0 Å². The molecule has 0 saturated heterocycles. The first kappa shape index (κ1) is 16.0. The van der Waals surface area contributed by atoms with E-state index >= 15 is 0 Å². The van der Waals surface area contributed by atoms with Gasteiger partial charge in [-0.3, -0.25) is 9.59 Å². The molecule has 0 spiro atoms. The van der Waals surface area contributed by atoms with Crippen LogP contribution < -0.4 is 16.2 Å². The third-order valence-corrected chi connectivity index (χ3v) is 2.48. The smallest absolute Gasteiger partial charge is 0.271 e. The first-order valence-electron chi connectivity index (χ1n) is 5.64. The predicted molar refractivity (Wildman–Crippen MR) is 71.7 cm³/mol. The summed E-state index contributed by atoms with van der Waals surface area (Å²) in [5, 5.41) is 8.87. The van der Waals surface area contributed by atoms with Crippen molar-refractivity contribution in [2.75, 3.05) is 7.11 Å². The van der Waals surface area contributed by atoms with Gasteiger partial charge in [-0.1, -0.05) is 0 Å². The molecule has 2 amide bonds. The Morgan fingerprint density at radius 2 is 1.57 bits per heavy atom. The van der Waals surface area contributed by atoms with E-state index in [9.17, 15) is 9.59 Å². The van der Waals surface area contributed by atoms with Gasteiger partial charge in [-0.05, 0) is 0 Å². The lowest BCUT2D eigenvalue weighted by Gasteiger charge is -1.98. The Balaban J connectivity index is 0.000000211. The van der Waals surface area contributed by atoms with Crippen LogP contribution in [0, 0.1) is 0 Å². The number of carbonyl (C=O) groups is 2. The molecular formula is C11H16N6O4. The van der Waals surface area contributed by atoms with E-state index in [2.05, 4.69) is 9.97 Å². The lowest BCUT2D eigenvalue weighted by molar-refractivity contribution is 0.0980. The highest BCUT2D eigenvalue weighted by Gasteiger charge is 2.13. The molecule has 0 bridgehead atoms. The molecule has 2 rings (SSSR count). The van der Waals surface area contributed by atoms with E-state index in [1.807, 2.05) is 0 Å². The lowest BCUT2D eigenvalue weighted by atomic mass is 10.4. The molecule has 0 radical (unpaired) electrons. The third-order valence-electron chi connectivity index (χ3n) is 2.48. The minimum absolute atomic E-state index is 0.0278. The van der Waals surface area contributed by atoms with Crippen LogP contribution in [0.2, 0.25) is 0 Å². The minimum Gasteiger partial charge on any atom is -0.492 e. The van der Waals surface area contributed by atoms with Crippen molar-refractivity contribution in [3.05, 3.63) is 24.0 Å². The van der Waals surface area contributed by atoms with E-state index in [4.69, 9.17) is 21.3 Å². The highest BCUT2D eigenvalue weighted by atomic mass is 16.5. The molecule has 0 fully saturated rings. The number of ether oxygens (including phenoxy) is 1. The van der Waals surface area contributed by atoms with Gasteiger partial charge in [0.05, 0.1) is 19.8 Å². The fraction of sp³-hybridized carbons (Fsp3) is 0.273. The number of aromatic hydroxyl groups is 1. The molecule has 2 aromatic rings. The highest BCUT2D eigenvalue weighted by molar-refractivity contribution is 5.93. The number of nitrogens with zero attached hydrogens (tertiary/aromatic N) is 4. The van der Waals surface area contributed by atoms with Crippen LogP contribution in [0.4, 0.5) is 0 Å². The van der Waals surface area contributed by atoms with E-state index in [-0.39, 0.29) is 23.1 Å². The van der Waals surface area contributed by atoms with Gasteiger partial charge >= 0.3 is 0 Å². The number of amides is 2. The number of nitrogens with two attached hydrogens (primary N) is 2. The van der Waals surface area contributed by atoms with Crippen molar-refractivity contribution < 1.29 is 19.4 Å². The number of primary amides is 2. The summed E-state index contributed by atoms with van der Waals surface area (Å²) in [7, 11) is 4.69. The number of aryl methyl sites for hydroxylation is 2. The van der Waals surface area contributed by atoms with Crippen LogP contribution in [-0.2, 0) is 14.1 Å². The molecule has 10 nitrogen and oxygen atoms in total. The molecule has 5 N–H and O–H groups in total. The number of imidazole rings is 2. The topological polar surface area (TPSA) is 151 Å². The summed E-state index contributed by atoms with van der Waals surface area (Å²) < 4.78 is 7.67. The summed E-state index contributed by atoms with van der Waals surface area (Å²) >= 11 is 0. The fourth-order valence-corrected chi connectivity index (χ4v) is 1.54. The van der Waals surface area contributed by atoms with Gasteiger partial charge < -0.3 is 30.4 Å². The Hall–Kier alpha value is -3.04. The van der Waals surface area contributed by atoms with Crippen molar-refractivity contribution in [1.29, 1.82) is 0 Å². The van der Waals surface area contributed by atoms with E-state index in [1.54, 1.807) is 14.1 Å². The van der Waals surface area contributed by atoms with Crippen LogP contribution in [0.3, 0.4) is 0 Å².